The van der Waals surface area contributed by atoms with Crippen molar-refractivity contribution < 1.29 is 28.7 Å². The van der Waals surface area contributed by atoms with Crippen LogP contribution in [0.4, 0.5) is 11.4 Å². The van der Waals surface area contributed by atoms with Crippen molar-refractivity contribution in [1.82, 2.24) is 0 Å². The summed E-state index contributed by atoms with van der Waals surface area (Å²) in [6, 6.07) is 18.9. The van der Waals surface area contributed by atoms with Gasteiger partial charge in [0.1, 0.15) is 0 Å². The van der Waals surface area contributed by atoms with Crippen LogP contribution in [0.1, 0.15) is 19.4 Å². The fraction of sp³-hybridized carbons (Fsp3) is 0.176. The largest absolute Gasteiger partial charge is 0.807 e. The molecule has 0 spiro atoms. The van der Waals surface area contributed by atoms with Crippen LogP contribution in [-0.2, 0) is 4.57 Å². The Balaban J connectivity index is 1.14. The number of rotatable bonds is 7. The quantitative estimate of drug-likeness (QED) is 0.256. The minimum atomic E-state index is -4.83. The van der Waals surface area contributed by atoms with Gasteiger partial charge in [-0.05, 0) is 74.8 Å². The molecule has 0 saturated carbocycles. The number of nitrogens with zero attached hydrogens (tertiary/aromatic N) is 1. The molecule has 214 valence electrons. The Labute approximate surface area is 245 Å². The maximum Gasteiger partial charge on any atom is 0.257 e. The Morgan fingerprint density at radius 3 is 2.38 bits per heavy atom. The predicted molar refractivity (Wildman–Crippen MR) is 165 cm³/mol. The lowest BCUT2D eigenvalue weighted by Crippen LogP contribution is -3.09. The summed E-state index contributed by atoms with van der Waals surface area (Å²) < 4.78 is 24.1. The summed E-state index contributed by atoms with van der Waals surface area (Å²) in [4.78, 5) is 26.3. The second kappa shape index (κ2) is 11.3. The van der Waals surface area contributed by atoms with E-state index in [1.165, 1.54) is 33.7 Å². The molecule has 0 fully saturated rings. The molecule has 7 nitrogen and oxygen atoms in total. The number of fused-ring (bicyclic) bond motifs is 6. The highest BCUT2D eigenvalue weighted by Crippen LogP contribution is 2.44. The van der Waals surface area contributed by atoms with Crippen LogP contribution in [0.15, 0.2) is 109 Å². The van der Waals surface area contributed by atoms with Gasteiger partial charge in [-0.3, -0.25) is 4.90 Å². The third kappa shape index (κ3) is 5.17. The van der Waals surface area contributed by atoms with Gasteiger partial charge in [0, 0.05) is 29.5 Å². The number of nitrogens with one attached hydrogen (secondary N) is 1. The molecular weight excluding hydrogens is 547 g/mol. The first-order valence-electron chi connectivity index (χ1n) is 14.1. The molecule has 1 N–H and O–H groups in total. The number of likely N-dealkylation sites (N-methyl/N-ethyl adjacent to an activating group) is 1. The zero-order chi connectivity index (χ0) is 29.4. The molecule has 8 heteroatoms. The maximum absolute atomic E-state index is 11.5. The van der Waals surface area contributed by atoms with E-state index in [0.717, 1.165) is 28.8 Å². The smallest absolute Gasteiger partial charge is 0.257 e. The molecule has 0 saturated heterocycles. The highest BCUT2D eigenvalue weighted by Gasteiger charge is 2.34. The number of allylic oxidation sites excluding steroid dienone is 6. The van der Waals surface area contributed by atoms with Crippen molar-refractivity contribution in [3.8, 4) is 11.5 Å². The van der Waals surface area contributed by atoms with Crippen molar-refractivity contribution >= 4 is 45.8 Å². The van der Waals surface area contributed by atoms with Crippen molar-refractivity contribution in [3.05, 3.63) is 115 Å². The fourth-order valence-electron chi connectivity index (χ4n) is 5.69. The van der Waals surface area contributed by atoms with Crippen molar-refractivity contribution in [3.63, 3.8) is 0 Å². The van der Waals surface area contributed by atoms with E-state index in [2.05, 4.69) is 50.3 Å². The summed E-state index contributed by atoms with van der Waals surface area (Å²) in [5.41, 5.74) is 3.33. The number of ether oxygens (including phenoxy) is 2. The van der Waals surface area contributed by atoms with Gasteiger partial charge in [-0.15, -0.1) is 0 Å². The third-order valence-corrected chi connectivity index (χ3v) is 8.65. The molecule has 0 bridgehead atoms. The Morgan fingerprint density at radius 2 is 1.60 bits per heavy atom. The molecular formula is C34H32N2O5P-. The lowest BCUT2D eigenvalue weighted by Gasteiger charge is -2.30. The number of hydrogen-bond acceptors (Lipinski definition) is 6. The SMILES string of the molecule is CCN1/C(=C/C=C/C=C/C=C/C2Oc3c(ccc4cc(C)ccc34)[NH+]2CC)Oc2c1ccc1cc(P(=O)([O-])[O-])ccc21. The van der Waals surface area contributed by atoms with E-state index >= 15 is 0 Å². The predicted octanol–water partition coefficient (Wildman–Crippen LogP) is 4.52. The van der Waals surface area contributed by atoms with Gasteiger partial charge in [0.15, 0.2) is 17.2 Å². The topological polar surface area (TPSA) is 89.3 Å². The second-order valence-electron chi connectivity index (χ2n) is 10.4. The van der Waals surface area contributed by atoms with Gasteiger partial charge in [-0.1, -0.05) is 66.3 Å². The number of hydrogen-bond donors (Lipinski definition) is 1. The van der Waals surface area contributed by atoms with Gasteiger partial charge in [-0.25, -0.2) is 0 Å². The monoisotopic (exact) mass is 579 g/mol. The molecule has 2 aliphatic heterocycles. The average molecular weight is 580 g/mol. The van der Waals surface area contributed by atoms with Crippen LogP contribution >= 0.6 is 7.60 Å². The molecule has 6 rings (SSSR count). The van der Waals surface area contributed by atoms with Gasteiger partial charge >= 0.3 is 0 Å². The molecule has 2 atom stereocenters. The van der Waals surface area contributed by atoms with Crippen LogP contribution in [0.5, 0.6) is 11.5 Å². The lowest BCUT2D eigenvalue weighted by atomic mass is 10.1. The zero-order valence-electron chi connectivity index (χ0n) is 23.7. The molecule has 0 aliphatic carbocycles. The Hall–Kier alpha value is -4.13. The van der Waals surface area contributed by atoms with E-state index in [1.807, 2.05) is 60.4 Å². The molecule has 0 radical (unpaired) electrons. The summed E-state index contributed by atoms with van der Waals surface area (Å²) in [7, 11) is -4.83. The van der Waals surface area contributed by atoms with Gasteiger partial charge in [-0.2, -0.15) is 0 Å². The van der Waals surface area contributed by atoms with Crippen LogP contribution in [0, 0.1) is 6.92 Å². The van der Waals surface area contributed by atoms with Crippen LogP contribution in [0.2, 0.25) is 0 Å². The van der Waals surface area contributed by atoms with Crippen molar-refractivity contribution in [2.75, 3.05) is 18.0 Å². The number of quaternary nitrogens is 1. The van der Waals surface area contributed by atoms with Gasteiger partial charge in [0.05, 0.1) is 12.2 Å². The first kappa shape index (κ1) is 28.0. The average Bonchev–Trinajstić information content (AvgIpc) is 3.53. The summed E-state index contributed by atoms with van der Waals surface area (Å²) in [6.45, 7) is 7.92. The van der Waals surface area contributed by atoms with E-state index in [-0.39, 0.29) is 11.5 Å². The summed E-state index contributed by atoms with van der Waals surface area (Å²) in [5.74, 6) is 2.29. The molecule has 0 amide bonds. The first-order chi connectivity index (χ1) is 20.3. The maximum atomic E-state index is 11.5. The highest BCUT2D eigenvalue weighted by atomic mass is 31.2. The molecule has 0 aromatic heterocycles. The van der Waals surface area contributed by atoms with Gasteiger partial charge in [0.25, 0.3) is 6.23 Å². The highest BCUT2D eigenvalue weighted by molar-refractivity contribution is 7.57. The summed E-state index contributed by atoms with van der Waals surface area (Å²) in [6.07, 6.45) is 13.7. The third-order valence-electron chi connectivity index (χ3n) is 7.74. The van der Waals surface area contributed by atoms with Crippen molar-refractivity contribution in [1.29, 1.82) is 0 Å². The van der Waals surface area contributed by atoms with Gasteiger partial charge < -0.3 is 28.7 Å². The van der Waals surface area contributed by atoms with E-state index in [4.69, 9.17) is 9.47 Å². The zero-order valence-corrected chi connectivity index (χ0v) is 24.6. The number of aryl methyl sites for hydroxylation is 1. The molecule has 4 aromatic rings. The summed E-state index contributed by atoms with van der Waals surface area (Å²) >= 11 is 0. The minimum Gasteiger partial charge on any atom is -0.807 e. The number of benzene rings is 4. The van der Waals surface area contributed by atoms with Crippen LogP contribution in [0.3, 0.4) is 0 Å². The Bertz CT molecular complexity index is 1850. The Morgan fingerprint density at radius 1 is 0.881 bits per heavy atom. The van der Waals surface area contributed by atoms with Crippen molar-refractivity contribution in [2.45, 2.75) is 27.0 Å². The fourth-order valence-corrected chi connectivity index (χ4v) is 6.24. The van der Waals surface area contributed by atoms with Crippen LogP contribution < -0.4 is 34.4 Å². The van der Waals surface area contributed by atoms with Crippen molar-refractivity contribution in [2.24, 2.45) is 0 Å². The minimum absolute atomic E-state index is 0.0868. The Kier molecular flexibility index (Phi) is 7.52. The van der Waals surface area contributed by atoms with Gasteiger partial charge in [0.2, 0.25) is 5.88 Å². The normalized spacial score (nSPS) is 19.5. The summed E-state index contributed by atoms with van der Waals surface area (Å²) in [5, 5.41) is 3.51. The van der Waals surface area contributed by atoms with E-state index in [0.29, 0.717) is 23.6 Å². The van der Waals surface area contributed by atoms with E-state index in [1.54, 1.807) is 6.07 Å². The first-order valence-corrected chi connectivity index (χ1v) is 15.7. The lowest BCUT2D eigenvalue weighted by molar-refractivity contribution is -0.860. The molecule has 2 aliphatic rings. The molecule has 42 heavy (non-hydrogen) atoms. The van der Waals surface area contributed by atoms with Crippen LogP contribution in [-0.4, -0.2) is 19.3 Å². The number of anilines is 1. The van der Waals surface area contributed by atoms with E-state index in [9.17, 15) is 14.4 Å². The standard InChI is InChI=1S/C34H33N2O5P/c1-4-35-29-19-14-24-21-23(3)13-17-27(24)33(29)40-31(35)11-9-7-6-8-10-12-32-36(5-2)30-20-15-25-22-26(42(37,38)39)16-18-28(25)34(30)41-32/h6-22,31H,4-5H2,1-3H3,(H2,37,38,39)/p-1/b7-6+,10-8+,11-9+,32-12-. The molecule has 4 aromatic carbocycles. The molecule has 2 unspecified atom stereocenters. The van der Waals surface area contributed by atoms with Crippen LogP contribution in [0.25, 0.3) is 21.5 Å². The molecule has 2 heterocycles. The van der Waals surface area contributed by atoms with E-state index < -0.39 is 7.60 Å². The second-order valence-corrected chi connectivity index (χ2v) is 11.9.